The molecule has 0 bridgehead atoms. The Hall–Kier alpha value is -1.41. The van der Waals surface area contributed by atoms with E-state index in [1.807, 2.05) is 24.3 Å². The van der Waals surface area contributed by atoms with E-state index in [9.17, 15) is 0 Å². The third kappa shape index (κ3) is 4.90. The molecule has 3 heterocycles. The zero-order valence-electron chi connectivity index (χ0n) is 17.7. The van der Waals surface area contributed by atoms with Gasteiger partial charge < -0.3 is 0 Å². The lowest BCUT2D eigenvalue weighted by molar-refractivity contribution is 0.167. The van der Waals surface area contributed by atoms with Gasteiger partial charge in [-0.25, -0.2) is 4.98 Å². The molecule has 1 saturated heterocycles. The maximum Gasteiger partial charge on any atom is 0.196 e. The number of hydrogen-bond acceptors (Lipinski definition) is 6. The standard InChI is InChI=1S/C22H28ClN5S2/c1-15(2)21-24-18(13-29-21)14-30-22-26-25-20(16(3)27-11-5-4-6-12-27)28(22)19-9-7-17(23)8-10-19/h7-10,13,15-16H,4-6,11-12,14H2,1-3H3. The number of hydrogen-bond donors (Lipinski definition) is 0. The van der Waals surface area contributed by atoms with Gasteiger partial charge in [0, 0.05) is 27.8 Å². The number of nitrogens with zero attached hydrogens (tertiary/aromatic N) is 5. The van der Waals surface area contributed by atoms with Gasteiger partial charge in [-0.05, 0) is 57.1 Å². The van der Waals surface area contributed by atoms with Crippen LogP contribution in [0.2, 0.25) is 5.02 Å². The van der Waals surface area contributed by atoms with Crippen LogP contribution in [0.3, 0.4) is 0 Å². The van der Waals surface area contributed by atoms with Crippen LogP contribution in [0.5, 0.6) is 0 Å². The summed E-state index contributed by atoms with van der Waals surface area (Å²) in [6.07, 6.45) is 3.83. The highest BCUT2D eigenvalue weighted by Crippen LogP contribution is 2.31. The number of aromatic nitrogens is 4. The summed E-state index contributed by atoms with van der Waals surface area (Å²) >= 11 is 9.57. The summed E-state index contributed by atoms with van der Waals surface area (Å²) in [6.45, 7) is 8.84. The van der Waals surface area contributed by atoms with Gasteiger partial charge in [0.25, 0.3) is 0 Å². The van der Waals surface area contributed by atoms with Crippen LogP contribution in [0.15, 0.2) is 34.8 Å². The first-order valence-corrected chi connectivity index (χ1v) is 12.8. The highest BCUT2D eigenvalue weighted by molar-refractivity contribution is 7.98. The Kier molecular flexibility index (Phi) is 7.13. The summed E-state index contributed by atoms with van der Waals surface area (Å²) in [6, 6.07) is 8.16. The van der Waals surface area contributed by atoms with Crippen LogP contribution in [0, 0.1) is 0 Å². The Morgan fingerprint density at radius 2 is 1.80 bits per heavy atom. The fraction of sp³-hybridized carbons (Fsp3) is 0.500. The third-order valence-corrected chi connectivity index (χ3v) is 7.88. The number of thioether (sulfide) groups is 1. The molecule has 0 spiro atoms. The number of thiazole rings is 1. The smallest absolute Gasteiger partial charge is 0.196 e. The molecule has 5 nitrogen and oxygen atoms in total. The van der Waals surface area contributed by atoms with Gasteiger partial charge >= 0.3 is 0 Å². The molecule has 2 aromatic heterocycles. The van der Waals surface area contributed by atoms with Crippen LogP contribution in [-0.4, -0.2) is 37.7 Å². The topological polar surface area (TPSA) is 46.8 Å². The van der Waals surface area contributed by atoms with Gasteiger partial charge in [-0.3, -0.25) is 9.47 Å². The maximum absolute atomic E-state index is 6.14. The third-order valence-electron chi connectivity index (χ3n) is 5.47. The molecule has 30 heavy (non-hydrogen) atoms. The van der Waals surface area contributed by atoms with Crippen molar-refractivity contribution in [1.29, 1.82) is 0 Å². The van der Waals surface area contributed by atoms with Crippen molar-refractivity contribution in [2.24, 2.45) is 0 Å². The monoisotopic (exact) mass is 461 g/mol. The molecule has 0 radical (unpaired) electrons. The molecule has 0 amide bonds. The Morgan fingerprint density at radius 1 is 1.07 bits per heavy atom. The van der Waals surface area contributed by atoms with Crippen LogP contribution < -0.4 is 0 Å². The molecule has 1 aliphatic rings. The number of likely N-dealkylation sites (tertiary alicyclic amines) is 1. The second kappa shape index (κ2) is 9.81. The lowest BCUT2D eigenvalue weighted by Gasteiger charge is -2.31. The van der Waals surface area contributed by atoms with Crippen LogP contribution in [0.4, 0.5) is 0 Å². The lowest BCUT2D eigenvalue weighted by atomic mass is 10.1. The van der Waals surface area contributed by atoms with Crippen molar-refractivity contribution < 1.29 is 0 Å². The van der Waals surface area contributed by atoms with Gasteiger partial charge in [-0.1, -0.05) is 43.6 Å². The molecule has 1 aliphatic heterocycles. The van der Waals surface area contributed by atoms with Gasteiger partial charge in [-0.15, -0.1) is 21.5 Å². The minimum Gasteiger partial charge on any atom is -0.294 e. The second-order valence-electron chi connectivity index (χ2n) is 8.05. The van der Waals surface area contributed by atoms with E-state index in [4.69, 9.17) is 16.6 Å². The van der Waals surface area contributed by atoms with Crippen molar-refractivity contribution in [2.75, 3.05) is 13.1 Å². The fourth-order valence-corrected chi connectivity index (χ4v) is 5.66. The van der Waals surface area contributed by atoms with E-state index in [-0.39, 0.29) is 6.04 Å². The molecule has 0 N–H and O–H groups in total. The maximum atomic E-state index is 6.14. The van der Waals surface area contributed by atoms with Crippen LogP contribution in [0.1, 0.15) is 68.5 Å². The van der Waals surface area contributed by atoms with Crippen molar-refractivity contribution in [3.05, 3.63) is 51.2 Å². The van der Waals surface area contributed by atoms with Crippen molar-refractivity contribution in [3.8, 4) is 5.69 Å². The number of piperidine rings is 1. The minimum absolute atomic E-state index is 0.217. The lowest BCUT2D eigenvalue weighted by Crippen LogP contribution is -2.33. The van der Waals surface area contributed by atoms with E-state index >= 15 is 0 Å². The molecular formula is C22H28ClN5S2. The molecule has 8 heteroatoms. The average molecular weight is 462 g/mol. The SMILES string of the molecule is CC(C)c1nc(CSc2nnc(C(C)N3CCCCC3)n2-c2ccc(Cl)cc2)cs1. The highest BCUT2D eigenvalue weighted by Gasteiger charge is 2.25. The summed E-state index contributed by atoms with van der Waals surface area (Å²) in [4.78, 5) is 7.29. The predicted octanol–water partition coefficient (Wildman–Crippen LogP) is 6.34. The molecular weight excluding hydrogens is 434 g/mol. The zero-order chi connectivity index (χ0) is 21.1. The van der Waals surface area contributed by atoms with Crippen molar-refractivity contribution in [1.82, 2.24) is 24.6 Å². The van der Waals surface area contributed by atoms with E-state index in [0.29, 0.717) is 5.92 Å². The van der Waals surface area contributed by atoms with Crippen molar-refractivity contribution in [3.63, 3.8) is 0 Å². The number of rotatable bonds is 7. The Bertz CT molecular complexity index is 960. The Labute approximate surface area is 191 Å². The molecule has 1 atom stereocenters. The van der Waals surface area contributed by atoms with Crippen molar-refractivity contribution >= 4 is 34.7 Å². The number of halogens is 1. The molecule has 4 rings (SSSR count). The zero-order valence-corrected chi connectivity index (χ0v) is 20.1. The van der Waals surface area contributed by atoms with Crippen molar-refractivity contribution in [2.45, 2.75) is 62.9 Å². The molecule has 1 unspecified atom stereocenters. The first kappa shape index (κ1) is 21.8. The van der Waals surface area contributed by atoms with E-state index < -0.39 is 0 Å². The summed E-state index contributed by atoms with van der Waals surface area (Å²) < 4.78 is 2.19. The summed E-state index contributed by atoms with van der Waals surface area (Å²) in [5, 5.41) is 14.2. The number of benzene rings is 1. The van der Waals surface area contributed by atoms with E-state index in [1.54, 1.807) is 23.1 Å². The van der Waals surface area contributed by atoms with E-state index in [2.05, 4.69) is 45.8 Å². The van der Waals surface area contributed by atoms with Gasteiger partial charge in [-0.2, -0.15) is 0 Å². The van der Waals surface area contributed by atoms with E-state index in [1.165, 1.54) is 24.3 Å². The average Bonchev–Trinajstić information content (AvgIpc) is 3.40. The molecule has 3 aromatic rings. The molecule has 0 aliphatic carbocycles. The molecule has 0 saturated carbocycles. The predicted molar refractivity (Wildman–Crippen MR) is 126 cm³/mol. The van der Waals surface area contributed by atoms with Gasteiger partial charge in [0.1, 0.15) is 0 Å². The largest absolute Gasteiger partial charge is 0.294 e. The Balaban J connectivity index is 1.62. The summed E-state index contributed by atoms with van der Waals surface area (Å²) in [5.74, 6) is 2.24. The fourth-order valence-electron chi connectivity index (χ4n) is 3.74. The molecule has 1 aromatic carbocycles. The normalized spacial score (nSPS) is 16.3. The van der Waals surface area contributed by atoms with Gasteiger partial charge in [0.05, 0.1) is 16.7 Å². The summed E-state index contributed by atoms with van der Waals surface area (Å²) in [7, 11) is 0. The quantitative estimate of drug-likeness (QED) is 0.384. The second-order valence-corrected chi connectivity index (χ2v) is 10.3. The van der Waals surface area contributed by atoms with E-state index in [0.717, 1.165) is 46.2 Å². The van der Waals surface area contributed by atoms with Gasteiger partial charge in [0.2, 0.25) is 0 Å². The molecule has 1 fully saturated rings. The minimum atomic E-state index is 0.217. The van der Waals surface area contributed by atoms with Crippen LogP contribution in [-0.2, 0) is 5.75 Å². The first-order chi connectivity index (χ1) is 14.5. The highest BCUT2D eigenvalue weighted by atomic mass is 35.5. The Morgan fingerprint density at radius 3 is 2.47 bits per heavy atom. The summed E-state index contributed by atoms with van der Waals surface area (Å²) in [5.41, 5.74) is 2.15. The first-order valence-electron chi connectivity index (χ1n) is 10.6. The van der Waals surface area contributed by atoms with Gasteiger partial charge in [0.15, 0.2) is 11.0 Å². The van der Waals surface area contributed by atoms with Crippen LogP contribution in [0.25, 0.3) is 5.69 Å². The molecule has 160 valence electrons. The van der Waals surface area contributed by atoms with Crippen LogP contribution >= 0.6 is 34.7 Å².